The summed E-state index contributed by atoms with van der Waals surface area (Å²) in [6.45, 7) is 12.2. The SMILES string of the molecule is CCNC(=NCC(CC)(CC)CCO)NCC1CN2CCCC2CO1. The van der Waals surface area contributed by atoms with Gasteiger partial charge in [0, 0.05) is 38.8 Å². The lowest BCUT2D eigenvalue weighted by atomic mass is 9.79. The largest absolute Gasteiger partial charge is 0.396 e. The Morgan fingerprint density at radius 2 is 2.08 bits per heavy atom. The number of hydrogen-bond donors (Lipinski definition) is 3. The Bertz CT molecular complexity index is 412. The van der Waals surface area contributed by atoms with Gasteiger partial charge in [-0.2, -0.15) is 0 Å². The van der Waals surface area contributed by atoms with Crippen molar-refractivity contribution in [2.75, 3.05) is 45.9 Å². The molecule has 6 nitrogen and oxygen atoms in total. The first-order chi connectivity index (χ1) is 12.2. The number of hydrogen-bond acceptors (Lipinski definition) is 4. The van der Waals surface area contributed by atoms with Gasteiger partial charge in [0.05, 0.1) is 12.7 Å². The average molecular weight is 355 g/mol. The molecule has 2 unspecified atom stereocenters. The highest BCUT2D eigenvalue weighted by Crippen LogP contribution is 2.30. The van der Waals surface area contributed by atoms with Crippen molar-refractivity contribution in [3.63, 3.8) is 0 Å². The Balaban J connectivity index is 1.86. The first-order valence-corrected chi connectivity index (χ1v) is 10.1. The summed E-state index contributed by atoms with van der Waals surface area (Å²) in [5.41, 5.74) is 0.0984. The van der Waals surface area contributed by atoms with Crippen LogP contribution in [-0.4, -0.2) is 74.0 Å². The number of aliphatic imine (C=N–C) groups is 1. The second kappa shape index (κ2) is 10.3. The summed E-state index contributed by atoms with van der Waals surface area (Å²) in [4.78, 5) is 7.38. The van der Waals surface area contributed by atoms with Gasteiger partial charge in [-0.1, -0.05) is 13.8 Å². The van der Waals surface area contributed by atoms with Crippen molar-refractivity contribution >= 4 is 5.96 Å². The van der Waals surface area contributed by atoms with Gasteiger partial charge in [-0.15, -0.1) is 0 Å². The number of rotatable bonds is 9. The molecule has 25 heavy (non-hydrogen) atoms. The van der Waals surface area contributed by atoms with E-state index in [9.17, 15) is 5.11 Å². The molecule has 2 rings (SSSR count). The van der Waals surface area contributed by atoms with Crippen LogP contribution in [0.2, 0.25) is 0 Å². The quantitative estimate of drug-likeness (QED) is 0.433. The van der Waals surface area contributed by atoms with Gasteiger partial charge in [-0.05, 0) is 51.0 Å². The number of guanidine groups is 1. The van der Waals surface area contributed by atoms with Crippen LogP contribution in [0.25, 0.3) is 0 Å². The lowest BCUT2D eigenvalue weighted by Crippen LogP contribution is -2.51. The van der Waals surface area contributed by atoms with E-state index >= 15 is 0 Å². The van der Waals surface area contributed by atoms with Gasteiger partial charge in [0.25, 0.3) is 0 Å². The van der Waals surface area contributed by atoms with Gasteiger partial charge in [0.1, 0.15) is 0 Å². The van der Waals surface area contributed by atoms with E-state index in [-0.39, 0.29) is 18.1 Å². The molecule has 0 amide bonds. The first-order valence-electron chi connectivity index (χ1n) is 10.1. The second-order valence-corrected chi connectivity index (χ2v) is 7.50. The number of nitrogens with zero attached hydrogens (tertiary/aromatic N) is 2. The predicted molar refractivity (Wildman–Crippen MR) is 103 cm³/mol. The molecule has 0 bridgehead atoms. The summed E-state index contributed by atoms with van der Waals surface area (Å²) >= 11 is 0. The summed E-state index contributed by atoms with van der Waals surface area (Å²) in [6, 6.07) is 0.645. The van der Waals surface area contributed by atoms with Gasteiger partial charge in [0.15, 0.2) is 5.96 Å². The highest BCUT2D eigenvalue weighted by atomic mass is 16.5. The van der Waals surface area contributed by atoms with Crippen molar-refractivity contribution in [3.8, 4) is 0 Å². The minimum absolute atomic E-state index is 0.0984. The van der Waals surface area contributed by atoms with Crippen LogP contribution in [0.4, 0.5) is 0 Å². The van der Waals surface area contributed by atoms with Gasteiger partial charge >= 0.3 is 0 Å². The lowest BCUT2D eigenvalue weighted by molar-refractivity contribution is -0.0453. The van der Waals surface area contributed by atoms with Crippen LogP contribution in [0.15, 0.2) is 4.99 Å². The van der Waals surface area contributed by atoms with Crippen molar-refractivity contribution in [1.82, 2.24) is 15.5 Å². The summed E-state index contributed by atoms with van der Waals surface area (Å²) in [5, 5.41) is 16.2. The highest BCUT2D eigenvalue weighted by molar-refractivity contribution is 5.79. The van der Waals surface area contributed by atoms with Crippen molar-refractivity contribution in [3.05, 3.63) is 0 Å². The van der Waals surface area contributed by atoms with Gasteiger partial charge < -0.3 is 20.5 Å². The van der Waals surface area contributed by atoms with Gasteiger partial charge in [0.2, 0.25) is 0 Å². The molecule has 2 aliphatic rings. The number of nitrogens with one attached hydrogen (secondary N) is 2. The molecule has 0 saturated carbocycles. The van der Waals surface area contributed by atoms with E-state index in [2.05, 4.69) is 36.3 Å². The molecule has 2 aliphatic heterocycles. The molecule has 2 heterocycles. The van der Waals surface area contributed by atoms with E-state index in [4.69, 9.17) is 9.73 Å². The predicted octanol–water partition coefficient (Wildman–Crippen LogP) is 1.59. The van der Waals surface area contributed by atoms with Crippen molar-refractivity contribution in [2.45, 2.75) is 65.0 Å². The van der Waals surface area contributed by atoms with Gasteiger partial charge in [-0.25, -0.2) is 0 Å². The van der Waals surface area contributed by atoms with Crippen molar-refractivity contribution in [2.24, 2.45) is 10.4 Å². The third-order valence-electron chi connectivity index (χ3n) is 6.02. The Labute approximate surface area is 153 Å². The molecule has 2 fully saturated rings. The van der Waals surface area contributed by atoms with E-state index < -0.39 is 0 Å². The Morgan fingerprint density at radius 3 is 2.76 bits per heavy atom. The molecular weight excluding hydrogens is 316 g/mol. The van der Waals surface area contributed by atoms with Crippen LogP contribution in [-0.2, 0) is 4.74 Å². The minimum Gasteiger partial charge on any atom is -0.396 e. The Hall–Kier alpha value is -0.850. The average Bonchev–Trinajstić information content (AvgIpc) is 3.10. The van der Waals surface area contributed by atoms with Crippen molar-refractivity contribution < 1.29 is 9.84 Å². The number of ether oxygens (including phenoxy) is 1. The maximum absolute atomic E-state index is 9.38. The van der Waals surface area contributed by atoms with Crippen LogP contribution in [0.3, 0.4) is 0 Å². The maximum atomic E-state index is 9.38. The summed E-state index contributed by atoms with van der Waals surface area (Å²) in [7, 11) is 0. The molecule has 0 spiro atoms. The van der Waals surface area contributed by atoms with Crippen LogP contribution in [0, 0.1) is 5.41 Å². The van der Waals surface area contributed by atoms with Crippen LogP contribution in [0.5, 0.6) is 0 Å². The minimum atomic E-state index is 0.0984. The normalized spacial score (nSPS) is 25.0. The fraction of sp³-hybridized carbons (Fsp3) is 0.947. The van der Waals surface area contributed by atoms with E-state index in [1.165, 1.54) is 19.4 Å². The van der Waals surface area contributed by atoms with E-state index in [0.717, 1.165) is 58.0 Å². The van der Waals surface area contributed by atoms with Gasteiger partial charge in [-0.3, -0.25) is 9.89 Å². The van der Waals surface area contributed by atoms with Crippen LogP contribution < -0.4 is 10.6 Å². The lowest BCUT2D eigenvalue weighted by Gasteiger charge is -2.35. The summed E-state index contributed by atoms with van der Waals surface area (Å²) < 4.78 is 6.03. The zero-order valence-electron chi connectivity index (χ0n) is 16.4. The molecule has 2 atom stereocenters. The van der Waals surface area contributed by atoms with E-state index in [1.807, 2.05) is 0 Å². The molecule has 3 N–H and O–H groups in total. The number of aliphatic hydroxyl groups is 1. The summed E-state index contributed by atoms with van der Waals surface area (Å²) in [5.74, 6) is 0.860. The zero-order chi connectivity index (χ0) is 18.1. The fourth-order valence-electron chi connectivity index (χ4n) is 3.95. The molecular formula is C19H38N4O2. The third kappa shape index (κ3) is 5.83. The molecule has 0 aromatic rings. The standard InChI is InChI=1S/C19H38N4O2/c1-4-19(5-2,9-11-24)15-22-18(20-6-3)21-12-17-13-23-10-7-8-16(23)14-25-17/h16-17,24H,4-15H2,1-3H3,(H2,20,21,22). The molecule has 0 aliphatic carbocycles. The number of fused-ring (bicyclic) bond motifs is 1. The molecule has 2 saturated heterocycles. The smallest absolute Gasteiger partial charge is 0.191 e. The molecule has 0 aromatic heterocycles. The monoisotopic (exact) mass is 354 g/mol. The van der Waals surface area contributed by atoms with Crippen LogP contribution >= 0.6 is 0 Å². The highest BCUT2D eigenvalue weighted by Gasteiger charge is 2.32. The molecule has 146 valence electrons. The third-order valence-corrected chi connectivity index (χ3v) is 6.02. The van der Waals surface area contributed by atoms with E-state index in [0.29, 0.717) is 6.04 Å². The number of aliphatic hydroxyl groups excluding tert-OH is 1. The Morgan fingerprint density at radius 1 is 1.28 bits per heavy atom. The van der Waals surface area contributed by atoms with Crippen LogP contribution in [0.1, 0.15) is 52.9 Å². The summed E-state index contributed by atoms with van der Waals surface area (Å²) in [6.07, 6.45) is 5.71. The fourth-order valence-corrected chi connectivity index (χ4v) is 3.95. The second-order valence-electron chi connectivity index (χ2n) is 7.50. The zero-order valence-corrected chi connectivity index (χ0v) is 16.4. The maximum Gasteiger partial charge on any atom is 0.191 e. The molecule has 6 heteroatoms. The first kappa shape index (κ1) is 20.5. The topological polar surface area (TPSA) is 69.1 Å². The van der Waals surface area contributed by atoms with Crippen molar-refractivity contribution in [1.29, 1.82) is 0 Å². The molecule has 0 radical (unpaired) electrons. The Kier molecular flexibility index (Phi) is 8.46. The molecule has 0 aromatic carbocycles. The van der Waals surface area contributed by atoms with E-state index in [1.54, 1.807) is 0 Å². The number of morpholine rings is 1.